The number of amides is 1. The summed E-state index contributed by atoms with van der Waals surface area (Å²) in [5, 5.41) is 22.5. The highest BCUT2D eigenvalue weighted by Crippen LogP contribution is 2.36. The average molecular weight is 465 g/mol. The van der Waals surface area contributed by atoms with Gasteiger partial charge in [-0.15, -0.1) is 5.10 Å². The second kappa shape index (κ2) is 8.81. The van der Waals surface area contributed by atoms with Crippen molar-refractivity contribution in [3.05, 3.63) is 101 Å². The number of carbonyl (C=O) groups is 1. The minimum atomic E-state index is -0.531. The molecule has 6 rings (SSSR count). The van der Waals surface area contributed by atoms with Crippen molar-refractivity contribution >= 4 is 16.9 Å². The van der Waals surface area contributed by atoms with Gasteiger partial charge in [0.05, 0.1) is 23.8 Å². The Morgan fingerprint density at radius 3 is 2.51 bits per heavy atom. The van der Waals surface area contributed by atoms with Crippen LogP contribution in [0.2, 0.25) is 0 Å². The number of nitrogens with zero attached hydrogens (tertiary/aromatic N) is 5. The first-order valence-corrected chi connectivity index (χ1v) is 11.7. The zero-order valence-electron chi connectivity index (χ0n) is 19.0. The molecule has 1 fully saturated rings. The molecule has 35 heavy (non-hydrogen) atoms. The van der Waals surface area contributed by atoms with E-state index in [2.05, 4.69) is 46.7 Å². The molecule has 0 aliphatic heterocycles. The van der Waals surface area contributed by atoms with Crippen LogP contribution in [0.15, 0.2) is 78.9 Å². The van der Waals surface area contributed by atoms with Gasteiger partial charge >= 0.3 is 0 Å². The molecule has 2 N–H and O–H groups in total. The lowest BCUT2D eigenvalue weighted by Gasteiger charge is -2.09. The van der Waals surface area contributed by atoms with Gasteiger partial charge in [-0.2, -0.15) is 5.10 Å². The highest BCUT2D eigenvalue weighted by Gasteiger charge is 2.26. The van der Waals surface area contributed by atoms with Gasteiger partial charge in [-0.25, -0.2) is 10.2 Å². The van der Waals surface area contributed by atoms with Crippen LogP contribution in [-0.4, -0.2) is 35.9 Å². The number of aromatic nitrogens is 5. The number of fused-ring (bicyclic) bond motifs is 1. The quantitative estimate of drug-likeness (QED) is 0.275. The van der Waals surface area contributed by atoms with Gasteiger partial charge in [0.15, 0.2) is 0 Å². The first kappa shape index (κ1) is 21.2. The summed E-state index contributed by atoms with van der Waals surface area (Å²) in [6, 6.07) is 26.3. The van der Waals surface area contributed by atoms with Crippen molar-refractivity contribution in [3.8, 4) is 11.3 Å². The highest BCUT2D eigenvalue weighted by atomic mass is 16.5. The standard InChI is InChI=1S/C27H24N6O2/c34-27(30-35)20-8-6-19(7-9-20)17-32-23(14-18-4-2-1-3-5-18)16-24(29-32)21-10-13-26-25(15-21)28-31-33(26)22-11-12-22/h1-10,13,15-16,22,35H,11-12,14,17H2,(H,30,34). The Morgan fingerprint density at radius 2 is 1.77 bits per heavy atom. The Hall–Kier alpha value is -4.30. The fraction of sp³-hybridized carbons (Fsp3) is 0.185. The first-order chi connectivity index (χ1) is 17.2. The molecule has 8 nitrogen and oxygen atoms in total. The third kappa shape index (κ3) is 4.31. The molecule has 5 aromatic rings. The summed E-state index contributed by atoms with van der Waals surface area (Å²) in [5.41, 5.74) is 9.19. The van der Waals surface area contributed by atoms with Crippen LogP contribution < -0.4 is 5.48 Å². The lowest BCUT2D eigenvalue weighted by Crippen LogP contribution is -2.18. The monoisotopic (exact) mass is 464 g/mol. The molecule has 2 heterocycles. The molecule has 174 valence electrons. The number of rotatable bonds is 7. The summed E-state index contributed by atoms with van der Waals surface area (Å²) in [7, 11) is 0. The highest BCUT2D eigenvalue weighted by molar-refractivity contribution is 5.93. The number of hydrogen-bond donors (Lipinski definition) is 2. The van der Waals surface area contributed by atoms with E-state index in [-0.39, 0.29) is 0 Å². The van der Waals surface area contributed by atoms with E-state index in [0.29, 0.717) is 18.2 Å². The van der Waals surface area contributed by atoms with Crippen LogP contribution >= 0.6 is 0 Å². The van der Waals surface area contributed by atoms with E-state index < -0.39 is 5.91 Å². The molecule has 0 spiro atoms. The Balaban J connectivity index is 1.34. The van der Waals surface area contributed by atoms with Gasteiger partial charge in [-0.3, -0.25) is 14.7 Å². The number of nitrogens with one attached hydrogen (secondary N) is 1. The van der Waals surface area contributed by atoms with E-state index in [1.54, 1.807) is 17.6 Å². The average Bonchev–Trinajstić information content (AvgIpc) is 3.54. The molecule has 1 aliphatic rings. The van der Waals surface area contributed by atoms with Gasteiger partial charge in [-0.05, 0) is 54.3 Å². The molecule has 1 amide bonds. The lowest BCUT2D eigenvalue weighted by atomic mass is 10.1. The molecule has 0 atom stereocenters. The van der Waals surface area contributed by atoms with Crippen molar-refractivity contribution in [2.75, 3.05) is 0 Å². The summed E-state index contributed by atoms with van der Waals surface area (Å²) in [4.78, 5) is 11.6. The van der Waals surface area contributed by atoms with E-state index in [1.807, 2.05) is 39.7 Å². The molecule has 1 saturated carbocycles. The van der Waals surface area contributed by atoms with Gasteiger partial charge in [0.1, 0.15) is 5.52 Å². The number of carbonyl (C=O) groups excluding carboxylic acids is 1. The molecular formula is C27H24N6O2. The molecule has 2 aromatic heterocycles. The van der Waals surface area contributed by atoms with Gasteiger partial charge < -0.3 is 0 Å². The van der Waals surface area contributed by atoms with E-state index in [1.165, 1.54) is 18.4 Å². The van der Waals surface area contributed by atoms with Gasteiger partial charge in [0.2, 0.25) is 0 Å². The molecule has 0 radical (unpaired) electrons. The Morgan fingerprint density at radius 1 is 0.971 bits per heavy atom. The zero-order chi connectivity index (χ0) is 23.8. The maximum atomic E-state index is 11.6. The van der Waals surface area contributed by atoms with Crippen LogP contribution in [0, 0.1) is 0 Å². The van der Waals surface area contributed by atoms with Crippen molar-refractivity contribution in [1.82, 2.24) is 30.3 Å². The van der Waals surface area contributed by atoms with Crippen molar-refractivity contribution in [1.29, 1.82) is 0 Å². The van der Waals surface area contributed by atoms with Gasteiger partial charge in [0.25, 0.3) is 5.91 Å². The van der Waals surface area contributed by atoms with Crippen LogP contribution in [0.3, 0.4) is 0 Å². The fourth-order valence-corrected chi connectivity index (χ4v) is 4.37. The number of hydroxylamine groups is 1. The minimum absolute atomic E-state index is 0.398. The number of hydrogen-bond acceptors (Lipinski definition) is 5. The summed E-state index contributed by atoms with van der Waals surface area (Å²) in [6.45, 7) is 0.559. The van der Waals surface area contributed by atoms with Crippen molar-refractivity contribution in [2.24, 2.45) is 0 Å². The predicted octanol–water partition coefficient (Wildman–Crippen LogP) is 4.39. The van der Waals surface area contributed by atoms with E-state index in [4.69, 9.17) is 10.3 Å². The second-order valence-corrected chi connectivity index (χ2v) is 8.95. The molecule has 0 bridgehead atoms. The van der Waals surface area contributed by atoms with E-state index in [0.717, 1.165) is 40.0 Å². The van der Waals surface area contributed by atoms with Crippen LogP contribution in [-0.2, 0) is 13.0 Å². The van der Waals surface area contributed by atoms with Gasteiger partial charge in [-0.1, -0.05) is 53.7 Å². The normalized spacial score (nSPS) is 13.3. The molecular weight excluding hydrogens is 440 g/mol. The minimum Gasteiger partial charge on any atom is -0.288 e. The maximum Gasteiger partial charge on any atom is 0.274 e. The third-order valence-electron chi connectivity index (χ3n) is 6.40. The van der Waals surface area contributed by atoms with Crippen LogP contribution in [0.25, 0.3) is 22.3 Å². The molecule has 1 aliphatic carbocycles. The Kier molecular flexibility index (Phi) is 5.35. The Labute approximate surface area is 201 Å². The topological polar surface area (TPSA) is 97.9 Å². The van der Waals surface area contributed by atoms with E-state index >= 15 is 0 Å². The zero-order valence-corrected chi connectivity index (χ0v) is 19.0. The summed E-state index contributed by atoms with van der Waals surface area (Å²) in [5.74, 6) is -0.531. The summed E-state index contributed by atoms with van der Waals surface area (Å²) < 4.78 is 4.04. The van der Waals surface area contributed by atoms with Crippen molar-refractivity contribution < 1.29 is 10.0 Å². The van der Waals surface area contributed by atoms with E-state index in [9.17, 15) is 4.79 Å². The maximum absolute atomic E-state index is 11.6. The Bertz CT molecular complexity index is 1500. The number of benzene rings is 3. The predicted molar refractivity (Wildman–Crippen MR) is 131 cm³/mol. The molecule has 3 aromatic carbocycles. The first-order valence-electron chi connectivity index (χ1n) is 11.7. The van der Waals surface area contributed by atoms with Crippen LogP contribution in [0.4, 0.5) is 0 Å². The third-order valence-corrected chi connectivity index (χ3v) is 6.40. The lowest BCUT2D eigenvalue weighted by molar-refractivity contribution is 0.0706. The van der Waals surface area contributed by atoms with Crippen LogP contribution in [0.5, 0.6) is 0 Å². The smallest absolute Gasteiger partial charge is 0.274 e. The van der Waals surface area contributed by atoms with Gasteiger partial charge in [0, 0.05) is 23.2 Å². The SMILES string of the molecule is O=C(NO)c1ccc(Cn2nc(-c3ccc4c(c3)nnn4C3CC3)cc2Cc2ccccc2)cc1. The summed E-state index contributed by atoms with van der Waals surface area (Å²) in [6.07, 6.45) is 3.08. The fourth-order valence-electron chi connectivity index (χ4n) is 4.37. The van der Waals surface area contributed by atoms with Crippen molar-refractivity contribution in [2.45, 2.75) is 31.8 Å². The molecule has 0 unspecified atom stereocenters. The second-order valence-electron chi connectivity index (χ2n) is 8.95. The molecule has 8 heteroatoms. The van der Waals surface area contributed by atoms with Crippen molar-refractivity contribution in [3.63, 3.8) is 0 Å². The summed E-state index contributed by atoms with van der Waals surface area (Å²) >= 11 is 0. The largest absolute Gasteiger partial charge is 0.288 e. The molecule has 0 saturated heterocycles. The van der Waals surface area contributed by atoms with Crippen LogP contribution in [0.1, 0.15) is 46.1 Å².